The maximum Gasteiger partial charge on any atom is 0.324 e. The minimum atomic E-state index is -0.412. The molecule has 0 heterocycles. The van der Waals surface area contributed by atoms with Crippen molar-refractivity contribution in [2.24, 2.45) is 0 Å². The van der Waals surface area contributed by atoms with Gasteiger partial charge in [-0.1, -0.05) is 31.9 Å². The summed E-state index contributed by atoms with van der Waals surface area (Å²) >= 11 is 6.59. The summed E-state index contributed by atoms with van der Waals surface area (Å²) in [7, 11) is 0. The molecule has 0 saturated heterocycles. The van der Waals surface area contributed by atoms with Crippen LogP contribution in [0.3, 0.4) is 0 Å². The lowest BCUT2D eigenvalue weighted by Gasteiger charge is -2.14. The van der Waals surface area contributed by atoms with Crippen molar-refractivity contribution < 1.29 is 9.59 Å². The molecule has 2 amide bonds. The van der Waals surface area contributed by atoms with E-state index < -0.39 is 5.91 Å². The van der Waals surface area contributed by atoms with Crippen molar-refractivity contribution in [3.05, 3.63) is 63.0 Å². The smallest absolute Gasteiger partial charge is 0.268 e. The van der Waals surface area contributed by atoms with Crippen LogP contribution in [0.25, 0.3) is 0 Å². The van der Waals surface area contributed by atoms with Crippen LogP contribution in [0.1, 0.15) is 10.4 Å². The fraction of sp³-hybridized carbons (Fsp3) is 0. The number of amides is 2. The molecule has 0 aliphatic carbocycles. The van der Waals surface area contributed by atoms with Crippen LogP contribution in [-0.4, -0.2) is 12.3 Å². The molecule has 2 rings (SSSR count). The molecule has 0 atom stereocenters. The SMILES string of the molecule is O=[C]N(C(=O)c1ccc(Br)cc1)c1ccc(Br)cc1. The highest BCUT2D eigenvalue weighted by Crippen LogP contribution is 2.20. The molecule has 2 aromatic rings. The van der Waals surface area contributed by atoms with Crippen LogP contribution in [0.2, 0.25) is 0 Å². The number of rotatable bonds is 3. The minimum Gasteiger partial charge on any atom is -0.268 e. The molecule has 0 unspecified atom stereocenters. The molecule has 0 aliphatic rings. The van der Waals surface area contributed by atoms with Gasteiger partial charge in [0.1, 0.15) is 0 Å². The quantitative estimate of drug-likeness (QED) is 0.755. The van der Waals surface area contributed by atoms with Gasteiger partial charge in [-0.05, 0) is 48.5 Å². The van der Waals surface area contributed by atoms with E-state index in [2.05, 4.69) is 31.9 Å². The van der Waals surface area contributed by atoms with Crippen LogP contribution in [0.5, 0.6) is 0 Å². The van der Waals surface area contributed by atoms with Crippen molar-refractivity contribution in [2.45, 2.75) is 0 Å². The topological polar surface area (TPSA) is 37.4 Å². The maximum atomic E-state index is 12.2. The van der Waals surface area contributed by atoms with Gasteiger partial charge in [-0.25, -0.2) is 4.90 Å². The summed E-state index contributed by atoms with van der Waals surface area (Å²) in [5.74, 6) is -0.412. The molecular formula is C14H8Br2NO2. The molecule has 95 valence electrons. The first-order valence-electron chi connectivity index (χ1n) is 5.35. The van der Waals surface area contributed by atoms with Gasteiger partial charge < -0.3 is 0 Å². The van der Waals surface area contributed by atoms with Gasteiger partial charge in [-0.2, -0.15) is 0 Å². The summed E-state index contributed by atoms with van der Waals surface area (Å²) in [5, 5.41) is 0. The highest BCUT2D eigenvalue weighted by Gasteiger charge is 2.17. The first-order chi connectivity index (χ1) is 9.11. The second-order valence-electron chi connectivity index (χ2n) is 3.72. The Morgan fingerprint density at radius 1 is 0.895 bits per heavy atom. The van der Waals surface area contributed by atoms with E-state index in [1.54, 1.807) is 54.9 Å². The van der Waals surface area contributed by atoms with Crippen LogP contribution in [0.15, 0.2) is 57.5 Å². The molecule has 2 aromatic carbocycles. The number of hydrogen-bond acceptors (Lipinski definition) is 2. The van der Waals surface area contributed by atoms with Crippen molar-refractivity contribution >= 4 is 49.9 Å². The molecule has 0 spiro atoms. The van der Waals surface area contributed by atoms with Gasteiger partial charge in [0.2, 0.25) is 0 Å². The molecule has 0 fully saturated rings. The van der Waals surface area contributed by atoms with E-state index in [-0.39, 0.29) is 0 Å². The summed E-state index contributed by atoms with van der Waals surface area (Å²) < 4.78 is 1.74. The van der Waals surface area contributed by atoms with Crippen molar-refractivity contribution in [2.75, 3.05) is 4.90 Å². The summed E-state index contributed by atoms with van der Waals surface area (Å²) in [6.07, 6.45) is 1.66. The third-order valence-corrected chi connectivity index (χ3v) is 3.53. The lowest BCUT2D eigenvalue weighted by Crippen LogP contribution is -2.29. The molecule has 1 radical (unpaired) electrons. The van der Waals surface area contributed by atoms with Crippen molar-refractivity contribution in [1.29, 1.82) is 0 Å². The predicted molar refractivity (Wildman–Crippen MR) is 80.8 cm³/mol. The van der Waals surface area contributed by atoms with Crippen LogP contribution in [0.4, 0.5) is 5.69 Å². The Morgan fingerprint density at radius 3 is 1.84 bits per heavy atom. The third kappa shape index (κ3) is 3.30. The second-order valence-corrected chi connectivity index (χ2v) is 5.55. The molecule has 5 heteroatoms. The van der Waals surface area contributed by atoms with E-state index in [9.17, 15) is 9.59 Å². The van der Waals surface area contributed by atoms with Gasteiger partial charge in [-0.15, -0.1) is 0 Å². The summed E-state index contributed by atoms with van der Waals surface area (Å²) in [5.41, 5.74) is 0.903. The Kier molecular flexibility index (Phi) is 4.50. The first kappa shape index (κ1) is 14.0. The van der Waals surface area contributed by atoms with Crippen LogP contribution < -0.4 is 4.90 Å². The largest absolute Gasteiger partial charge is 0.324 e. The van der Waals surface area contributed by atoms with Gasteiger partial charge in [0, 0.05) is 14.5 Å². The molecule has 3 nitrogen and oxygen atoms in total. The Morgan fingerprint density at radius 2 is 1.37 bits per heavy atom. The number of hydrogen-bond donors (Lipinski definition) is 0. The van der Waals surface area contributed by atoms with Crippen LogP contribution in [-0.2, 0) is 4.79 Å². The van der Waals surface area contributed by atoms with Crippen molar-refractivity contribution in [3.63, 3.8) is 0 Å². The lowest BCUT2D eigenvalue weighted by atomic mass is 10.2. The van der Waals surface area contributed by atoms with Gasteiger partial charge >= 0.3 is 6.41 Å². The Labute approximate surface area is 127 Å². The zero-order chi connectivity index (χ0) is 13.8. The lowest BCUT2D eigenvalue weighted by molar-refractivity contribution is 0.100. The Bertz CT molecular complexity index is 594. The maximum absolute atomic E-state index is 12.2. The van der Waals surface area contributed by atoms with Gasteiger partial charge in [0.15, 0.2) is 0 Å². The first-order valence-corrected chi connectivity index (χ1v) is 6.94. The van der Waals surface area contributed by atoms with E-state index in [1.807, 2.05) is 0 Å². The fourth-order valence-electron chi connectivity index (χ4n) is 1.52. The molecule has 0 bridgehead atoms. The molecule has 0 saturated carbocycles. The molecule has 0 aromatic heterocycles. The Hall–Kier alpha value is -1.46. The van der Waals surface area contributed by atoms with E-state index in [0.717, 1.165) is 13.8 Å². The molecule has 0 aliphatic heterocycles. The predicted octanol–water partition coefficient (Wildman–Crippen LogP) is 3.93. The number of anilines is 1. The third-order valence-electron chi connectivity index (χ3n) is 2.47. The van der Waals surface area contributed by atoms with E-state index >= 15 is 0 Å². The van der Waals surface area contributed by atoms with E-state index in [4.69, 9.17) is 0 Å². The number of nitrogens with zero attached hydrogens (tertiary/aromatic N) is 1. The number of benzene rings is 2. The summed E-state index contributed by atoms with van der Waals surface area (Å²) in [4.78, 5) is 24.2. The minimum absolute atomic E-state index is 0.412. The molecule has 0 N–H and O–H groups in total. The van der Waals surface area contributed by atoms with Crippen LogP contribution in [0, 0.1) is 0 Å². The number of halogens is 2. The van der Waals surface area contributed by atoms with Crippen molar-refractivity contribution in [1.82, 2.24) is 0 Å². The highest BCUT2D eigenvalue weighted by molar-refractivity contribution is 9.10. The summed E-state index contributed by atoms with van der Waals surface area (Å²) in [6.45, 7) is 0. The highest BCUT2D eigenvalue weighted by atomic mass is 79.9. The zero-order valence-electron chi connectivity index (χ0n) is 9.64. The second kappa shape index (κ2) is 6.12. The standard InChI is InChI=1S/C14H8Br2NO2/c15-11-3-1-10(2-4-11)14(19)17(9-18)13-7-5-12(16)6-8-13/h1-8H. The van der Waals surface area contributed by atoms with E-state index in [0.29, 0.717) is 11.3 Å². The fourth-order valence-corrected chi connectivity index (χ4v) is 2.05. The monoisotopic (exact) mass is 380 g/mol. The number of imide groups is 1. The van der Waals surface area contributed by atoms with Gasteiger partial charge in [0.25, 0.3) is 5.91 Å². The number of carbonyl (C=O) groups is 1. The zero-order valence-corrected chi connectivity index (χ0v) is 12.8. The molecule has 19 heavy (non-hydrogen) atoms. The number of carbonyl (C=O) groups excluding carboxylic acids is 2. The van der Waals surface area contributed by atoms with E-state index in [1.165, 1.54) is 0 Å². The Balaban J connectivity index is 2.31. The molecular weight excluding hydrogens is 374 g/mol. The average molecular weight is 382 g/mol. The average Bonchev–Trinajstić information content (AvgIpc) is 2.42. The van der Waals surface area contributed by atoms with Crippen LogP contribution >= 0.6 is 31.9 Å². The summed E-state index contributed by atoms with van der Waals surface area (Å²) in [6, 6.07) is 13.7. The van der Waals surface area contributed by atoms with Crippen molar-refractivity contribution in [3.8, 4) is 0 Å². The van der Waals surface area contributed by atoms with Gasteiger partial charge in [-0.3, -0.25) is 9.59 Å². The normalized spacial score (nSPS) is 10.0. The van der Waals surface area contributed by atoms with Gasteiger partial charge in [0.05, 0.1) is 5.69 Å².